The van der Waals surface area contributed by atoms with Gasteiger partial charge in [0, 0.05) is 4.88 Å². The fraction of sp³-hybridized carbons (Fsp3) is 0.700. The number of aromatic nitrogens is 1. The van der Waals surface area contributed by atoms with Crippen molar-refractivity contribution in [3.8, 4) is 0 Å². The molecule has 13 heavy (non-hydrogen) atoms. The minimum atomic E-state index is 0.150. The van der Waals surface area contributed by atoms with Crippen molar-refractivity contribution in [1.82, 2.24) is 4.98 Å². The van der Waals surface area contributed by atoms with Crippen LogP contribution in [-0.2, 0) is 0 Å². The van der Waals surface area contributed by atoms with Crippen LogP contribution in [0.1, 0.15) is 47.8 Å². The second-order valence-corrected chi connectivity index (χ2v) is 4.68. The zero-order valence-electron chi connectivity index (χ0n) is 8.63. The summed E-state index contributed by atoms with van der Waals surface area (Å²) < 4.78 is 0. The number of nitrogens with two attached hydrogens (primary N) is 1. The molecule has 1 unspecified atom stereocenters. The maximum absolute atomic E-state index is 6.01. The van der Waals surface area contributed by atoms with Gasteiger partial charge in [-0.1, -0.05) is 19.8 Å². The molecule has 1 aromatic heterocycles. The van der Waals surface area contributed by atoms with Gasteiger partial charge in [0.2, 0.25) is 0 Å². The van der Waals surface area contributed by atoms with Gasteiger partial charge in [-0.3, -0.25) is 0 Å². The summed E-state index contributed by atoms with van der Waals surface area (Å²) in [5.74, 6) is 0. The molecule has 0 fully saturated rings. The molecule has 1 heterocycles. The van der Waals surface area contributed by atoms with E-state index in [1.165, 1.54) is 17.7 Å². The monoisotopic (exact) mass is 198 g/mol. The highest BCUT2D eigenvalue weighted by atomic mass is 32.1. The fourth-order valence-electron chi connectivity index (χ4n) is 1.20. The van der Waals surface area contributed by atoms with E-state index >= 15 is 0 Å². The van der Waals surface area contributed by atoms with E-state index in [-0.39, 0.29) is 6.04 Å². The maximum atomic E-state index is 6.01. The number of hydrogen-bond acceptors (Lipinski definition) is 3. The molecule has 0 saturated carbocycles. The van der Waals surface area contributed by atoms with Crippen molar-refractivity contribution in [1.29, 1.82) is 0 Å². The van der Waals surface area contributed by atoms with E-state index in [0.29, 0.717) is 0 Å². The van der Waals surface area contributed by atoms with Crippen molar-refractivity contribution in [3.05, 3.63) is 15.6 Å². The molecular formula is C10H18N2S. The van der Waals surface area contributed by atoms with Gasteiger partial charge in [-0.25, -0.2) is 4.98 Å². The highest BCUT2D eigenvalue weighted by molar-refractivity contribution is 7.11. The normalized spacial score (nSPS) is 13.2. The van der Waals surface area contributed by atoms with Crippen LogP contribution >= 0.6 is 11.3 Å². The first-order chi connectivity index (χ1) is 6.15. The number of rotatable bonds is 4. The van der Waals surface area contributed by atoms with E-state index < -0.39 is 0 Å². The molecule has 0 bridgehead atoms. The van der Waals surface area contributed by atoms with Crippen molar-refractivity contribution in [2.45, 2.75) is 46.1 Å². The zero-order valence-corrected chi connectivity index (χ0v) is 9.45. The Labute approximate surface area is 84.2 Å². The Kier molecular flexibility index (Phi) is 3.88. The van der Waals surface area contributed by atoms with E-state index in [0.717, 1.165) is 17.1 Å². The third-order valence-electron chi connectivity index (χ3n) is 2.23. The number of nitrogens with zero attached hydrogens (tertiary/aromatic N) is 1. The van der Waals surface area contributed by atoms with Crippen LogP contribution in [-0.4, -0.2) is 4.98 Å². The molecule has 2 N–H and O–H groups in total. The molecule has 0 amide bonds. The third-order valence-corrected chi connectivity index (χ3v) is 3.44. The van der Waals surface area contributed by atoms with Gasteiger partial charge in [0.25, 0.3) is 0 Å². The first-order valence-corrected chi connectivity index (χ1v) is 5.66. The van der Waals surface area contributed by atoms with Crippen LogP contribution in [0, 0.1) is 13.8 Å². The Hall–Kier alpha value is -0.410. The van der Waals surface area contributed by atoms with E-state index in [2.05, 4.69) is 18.8 Å². The van der Waals surface area contributed by atoms with E-state index in [9.17, 15) is 0 Å². The molecule has 0 aliphatic rings. The lowest BCUT2D eigenvalue weighted by molar-refractivity contribution is 0.600. The third kappa shape index (κ3) is 2.78. The van der Waals surface area contributed by atoms with Gasteiger partial charge in [0.05, 0.1) is 11.7 Å². The minimum absolute atomic E-state index is 0.150. The van der Waals surface area contributed by atoms with E-state index in [1.54, 1.807) is 11.3 Å². The molecule has 0 saturated heterocycles. The van der Waals surface area contributed by atoms with Gasteiger partial charge in [-0.05, 0) is 20.3 Å². The van der Waals surface area contributed by atoms with Crippen LogP contribution in [0.25, 0.3) is 0 Å². The van der Waals surface area contributed by atoms with E-state index in [1.807, 2.05) is 6.92 Å². The topological polar surface area (TPSA) is 38.9 Å². The van der Waals surface area contributed by atoms with Crippen LogP contribution in [0.3, 0.4) is 0 Å². The van der Waals surface area contributed by atoms with Crippen LogP contribution in [0.2, 0.25) is 0 Å². The van der Waals surface area contributed by atoms with Gasteiger partial charge in [0.1, 0.15) is 5.01 Å². The largest absolute Gasteiger partial charge is 0.322 e. The van der Waals surface area contributed by atoms with Gasteiger partial charge in [-0.2, -0.15) is 0 Å². The second-order valence-electron chi connectivity index (χ2n) is 3.44. The Morgan fingerprint density at radius 2 is 2.15 bits per heavy atom. The Morgan fingerprint density at radius 3 is 2.62 bits per heavy atom. The zero-order chi connectivity index (χ0) is 9.84. The average Bonchev–Trinajstić information content (AvgIpc) is 2.43. The van der Waals surface area contributed by atoms with Gasteiger partial charge in [0.15, 0.2) is 0 Å². The lowest BCUT2D eigenvalue weighted by atomic mass is 10.1. The quantitative estimate of drug-likeness (QED) is 0.808. The summed E-state index contributed by atoms with van der Waals surface area (Å²) in [4.78, 5) is 5.75. The molecule has 74 valence electrons. The first kappa shape index (κ1) is 10.7. The summed E-state index contributed by atoms with van der Waals surface area (Å²) in [6.45, 7) is 6.33. The number of aryl methyl sites for hydroxylation is 2. The lowest BCUT2D eigenvalue weighted by Crippen LogP contribution is -2.09. The Morgan fingerprint density at radius 1 is 1.46 bits per heavy atom. The molecule has 0 aromatic carbocycles. The second kappa shape index (κ2) is 4.72. The molecular weight excluding hydrogens is 180 g/mol. The summed E-state index contributed by atoms with van der Waals surface area (Å²) in [6.07, 6.45) is 3.46. The van der Waals surface area contributed by atoms with Crippen molar-refractivity contribution in [2.24, 2.45) is 5.73 Å². The van der Waals surface area contributed by atoms with Crippen molar-refractivity contribution in [2.75, 3.05) is 0 Å². The Bertz CT molecular complexity index is 248. The molecule has 0 radical (unpaired) electrons. The minimum Gasteiger partial charge on any atom is -0.322 e. The highest BCUT2D eigenvalue weighted by Gasteiger charge is 2.11. The molecule has 1 atom stereocenters. The fourth-order valence-corrected chi connectivity index (χ4v) is 2.16. The summed E-state index contributed by atoms with van der Waals surface area (Å²) >= 11 is 1.74. The molecule has 3 heteroatoms. The van der Waals surface area contributed by atoms with Gasteiger partial charge >= 0.3 is 0 Å². The molecule has 1 rings (SSSR count). The van der Waals surface area contributed by atoms with Gasteiger partial charge in [-0.15, -0.1) is 11.3 Å². The number of hydrogen-bond donors (Lipinski definition) is 1. The maximum Gasteiger partial charge on any atom is 0.110 e. The van der Waals surface area contributed by atoms with Crippen LogP contribution in [0.15, 0.2) is 0 Å². The smallest absolute Gasteiger partial charge is 0.110 e. The molecule has 0 aliphatic carbocycles. The first-order valence-electron chi connectivity index (χ1n) is 4.84. The Balaban J connectivity index is 2.60. The van der Waals surface area contributed by atoms with Crippen molar-refractivity contribution < 1.29 is 0 Å². The predicted molar refractivity (Wildman–Crippen MR) is 58.0 cm³/mol. The molecule has 0 aliphatic heterocycles. The van der Waals surface area contributed by atoms with Gasteiger partial charge < -0.3 is 5.73 Å². The predicted octanol–water partition coefficient (Wildman–Crippen LogP) is 2.95. The summed E-state index contributed by atoms with van der Waals surface area (Å²) in [5, 5.41) is 1.10. The average molecular weight is 198 g/mol. The SMILES string of the molecule is CCCCC(N)c1nc(C)c(C)s1. The van der Waals surface area contributed by atoms with Crippen LogP contribution in [0.4, 0.5) is 0 Å². The van der Waals surface area contributed by atoms with E-state index in [4.69, 9.17) is 5.73 Å². The standard InChI is InChI=1S/C10H18N2S/c1-4-5-6-9(11)10-12-7(2)8(3)13-10/h9H,4-6,11H2,1-3H3. The van der Waals surface area contributed by atoms with Crippen molar-refractivity contribution in [3.63, 3.8) is 0 Å². The molecule has 2 nitrogen and oxygen atoms in total. The van der Waals surface area contributed by atoms with Crippen LogP contribution in [0.5, 0.6) is 0 Å². The molecule has 1 aromatic rings. The highest BCUT2D eigenvalue weighted by Crippen LogP contribution is 2.24. The number of unbranched alkanes of at least 4 members (excludes halogenated alkanes) is 1. The summed E-state index contributed by atoms with van der Waals surface area (Å²) in [6, 6.07) is 0.150. The lowest BCUT2D eigenvalue weighted by Gasteiger charge is -2.05. The van der Waals surface area contributed by atoms with Crippen molar-refractivity contribution >= 4 is 11.3 Å². The van der Waals surface area contributed by atoms with Crippen LogP contribution < -0.4 is 5.73 Å². The number of thiazole rings is 1. The summed E-state index contributed by atoms with van der Waals surface area (Å²) in [7, 11) is 0. The molecule has 0 spiro atoms. The summed E-state index contributed by atoms with van der Waals surface area (Å²) in [5.41, 5.74) is 7.14.